The van der Waals surface area contributed by atoms with E-state index in [1.54, 1.807) is 0 Å². The molecule has 0 unspecified atom stereocenters. The van der Waals surface area contributed by atoms with Crippen molar-refractivity contribution in [1.82, 2.24) is 9.80 Å². The second-order valence-electron chi connectivity index (χ2n) is 5.62. The summed E-state index contributed by atoms with van der Waals surface area (Å²) in [6, 6.07) is 0.411. The number of guanidine groups is 1. The first kappa shape index (κ1) is 12.7. The van der Waals surface area contributed by atoms with Gasteiger partial charge >= 0.3 is 0 Å². The van der Waals surface area contributed by atoms with E-state index in [0.717, 1.165) is 0 Å². The number of hydrogen-bond acceptors (Lipinski definition) is 1. The molecule has 3 nitrogen and oxygen atoms in total. The molecule has 0 amide bonds. The van der Waals surface area contributed by atoms with Crippen molar-refractivity contribution in [3.05, 3.63) is 0 Å². The van der Waals surface area contributed by atoms with Crippen LogP contribution in [0.15, 0.2) is 4.99 Å². The average molecular weight is 237 g/mol. The van der Waals surface area contributed by atoms with Crippen LogP contribution in [0.1, 0.15) is 52.4 Å². The largest absolute Gasteiger partial charge is 0.343 e. The number of likely N-dealkylation sites (tertiary alicyclic amines) is 2. The van der Waals surface area contributed by atoms with Crippen molar-refractivity contribution in [3.8, 4) is 0 Å². The number of nitrogens with zero attached hydrogens (tertiary/aromatic N) is 3. The quantitative estimate of drug-likeness (QED) is 0.516. The lowest BCUT2D eigenvalue weighted by molar-refractivity contribution is 0.255. The summed E-state index contributed by atoms with van der Waals surface area (Å²) in [4.78, 5) is 9.94. The Labute approximate surface area is 106 Å². The Morgan fingerprint density at radius 3 is 1.53 bits per heavy atom. The van der Waals surface area contributed by atoms with Crippen LogP contribution in [0.3, 0.4) is 0 Å². The Hall–Kier alpha value is -0.730. The molecule has 17 heavy (non-hydrogen) atoms. The predicted octanol–water partition coefficient (Wildman–Crippen LogP) is 2.72. The third-order valence-corrected chi connectivity index (χ3v) is 3.65. The summed E-state index contributed by atoms with van der Waals surface area (Å²) >= 11 is 0. The van der Waals surface area contributed by atoms with E-state index in [2.05, 4.69) is 23.6 Å². The molecule has 0 aromatic carbocycles. The summed E-state index contributed by atoms with van der Waals surface area (Å²) in [6.07, 6.45) is 8.14. The molecule has 0 aliphatic carbocycles. The monoisotopic (exact) mass is 237 g/mol. The molecule has 0 aromatic rings. The smallest absolute Gasteiger partial charge is 0.196 e. The van der Waals surface area contributed by atoms with Crippen LogP contribution in [0.5, 0.6) is 0 Å². The van der Waals surface area contributed by atoms with Crippen molar-refractivity contribution in [1.29, 1.82) is 0 Å². The molecule has 0 saturated carbocycles. The first-order valence-electron chi connectivity index (χ1n) is 7.35. The lowest BCUT2D eigenvalue weighted by Crippen LogP contribution is -2.48. The van der Waals surface area contributed by atoms with Crippen molar-refractivity contribution in [3.63, 3.8) is 0 Å². The summed E-state index contributed by atoms with van der Waals surface area (Å²) in [5.41, 5.74) is 0. The Kier molecular flexibility index (Phi) is 4.69. The first-order chi connectivity index (χ1) is 8.27. The van der Waals surface area contributed by atoms with E-state index < -0.39 is 0 Å². The summed E-state index contributed by atoms with van der Waals surface area (Å²) < 4.78 is 0. The van der Waals surface area contributed by atoms with Crippen LogP contribution in [-0.2, 0) is 0 Å². The van der Waals surface area contributed by atoms with Crippen molar-refractivity contribution in [2.75, 3.05) is 26.2 Å². The number of piperidine rings is 2. The third kappa shape index (κ3) is 3.62. The second kappa shape index (κ2) is 6.27. The molecular formula is C14H27N3. The molecule has 2 saturated heterocycles. The predicted molar refractivity (Wildman–Crippen MR) is 73.4 cm³/mol. The molecule has 0 radical (unpaired) electrons. The minimum Gasteiger partial charge on any atom is -0.343 e. The van der Waals surface area contributed by atoms with Crippen molar-refractivity contribution >= 4 is 5.96 Å². The van der Waals surface area contributed by atoms with Crippen molar-refractivity contribution < 1.29 is 0 Å². The van der Waals surface area contributed by atoms with E-state index in [0.29, 0.717) is 6.04 Å². The van der Waals surface area contributed by atoms with Gasteiger partial charge in [0.05, 0.1) is 0 Å². The second-order valence-corrected chi connectivity index (χ2v) is 5.62. The van der Waals surface area contributed by atoms with E-state index in [1.807, 2.05) is 0 Å². The molecule has 2 aliphatic rings. The van der Waals surface area contributed by atoms with Crippen molar-refractivity contribution in [2.24, 2.45) is 4.99 Å². The number of rotatable bonds is 1. The minimum absolute atomic E-state index is 0.411. The van der Waals surface area contributed by atoms with Gasteiger partial charge in [0.25, 0.3) is 0 Å². The van der Waals surface area contributed by atoms with Gasteiger partial charge in [-0.1, -0.05) is 0 Å². The fourth-order valence-electron chi connectivity index (χ4n) is 2.78. The van der Waals surface area contributed by atoms with E-state index in [4.69, 9.17) is 4.99 Å². The van der Waals surface area contributed by atoms with Crippen LogP contribution in [-0.4, -0.2) is 48.0 Å². The molecule has 3 heteroatoms. The zero-order valence-corrected chi connectivity index (χ0v) is 11.5. The van der Waals surface area contributed by atoms with Gasteiger partial charge in [0.1, 0.15) is 0 Å². The van der Waals surface area contributed by atoms with E-state index in [9.17, 15) is 0 Å². The molecule has 0 N–H and O–H groups in total. The normalized spacial score (nSPS) is 21.8. The summed E-state index contributed by atoms with van der Waals surface area (Å²) in [7, 11) is 0. The number of aliphatic imine (C=N–C) groups is 1. The van der Waals surface area contributed by atoms with Gasteiger partial charge in [-0.15, -0.1) is 0 Å². The lowest BCUT2D eigenvalue weighted by atomic mass is 10.1. The van der Waals surface area contributed by atoms with Gasteiger partial charge in [-0.2, -0.15) is 0 Å². The van der Waals surface area contributed by atoms with Crippen LogP contribution in [0.25, 0.3) is 0 Å². The molecule has 2 rings (SSSR count). The highest BCUT2D eigenvalue weighted by Gasteiger charge is 2.22. The van der Waals surface area contributed by atoms with Crippen LogP contribution in [0, 0.1) is 0 Å². The van der Waals surface area contributed by atoms with Gasteiger partial charge in [0, 0.05) is 32.2 Å². The van der Waals surface area contributed by atoms with Gasteiger partial charge in [-0.3, -0.25) is 4.99 Å². The van der Waals surface area contributed by atoms with Crippen LogP contribution in [0.2, 0.25) is 0 Å². The maximum atomic E-state index is 4.89. The standard InChI is InChI=1S/C14H27N3/c1-13(2)15-14(16-9-5-3-6-10-16)17-11-7-4-8-12-17/h13H,3-12H2,1-2H3. The average Bonchev–Trinajstić information content (AvgIpc) is 2.38. The molecule has 0 aromatic heterocycles. The van der Waals surface area contributed by atoms with E-state index in [-0.39, 0.29) is 0 Å². The maximum absolute atomic E-state index is 4.89. The van der Waals surface area contributed by atoms with Crippen LogP contribution < -0.4 is 0 Å². The highest BCUT2D eigenvalue weighted by molar-refractivity contribution is 5.80. The third-order valence-electron chi connectivity index (χ3n) is 3.65. The van der Waals surface area contributed by atoms with E-state index >= 15 is 0 Å². The maximum Gasteiger partial charge on any atom is 0.196 e. The zero-order chi connectivity index (χ0) is 12.1. The fraction of sp³-hybridized carbons (Fsp3) is 0.929. The summed E-state index contributed by atoms with van der Waals surface area (Å²) in [5, 5.41) is 0. The lowest BCUT2D eigenvalue weighted by Gasteiger charge is -2.38. The van der Waals surface area contributed by atoms with Crippen molar-refractivity contribution in [2.45, 2.75) is 58.4 Å². The van der Waals surface area contributed by atoms with Gasteiger partial charge in [-0.05, 0) is 52.4 Å². The SMILES string of the molecule is CC(C)N=C(N1CCCCC1)N1CCCCC1. The molecule has 2 fully saturated rings. The Balaban J connectivity index is 2.05. The van der Waals surface area contributed by atoms with Gasteiger partial charge in [-0.25, -0.2) is 0 Å². The zero-order valence-electron chi connectivity index (χ0n) is 11.5. The van der Waals surface area contributed by atoms with Crippen LogP contribution >= 0.6 is 0 Å². The minimum atomic E-state index is 0.411. The molecule has 0 atom stereocenters. The van der Waals surface area contributed by atoms with Gasteiger partial charge in [0.15, 0.2) is 5.96 Å². The van der Waals surface area contributed by atoms with Gasteiger partial charge < -0.3 is 9.80 Å². The molecule has 0 spiro atoms. The molecule has 98 valence electrons. The summed E-state index contributed by atoms with van der Waals surface area (Å²) in [6.45, 7) is 9.22. The van der Waals surface area contributed by atoms with Gasteiger partial charge in [0.2, 0.25) is 0 Å². The molecule has 2 aliphatic heterocycles. The van der Waals surface area contributed by atoms with E-state index in [1.165, 1.54) is 70.7 Å². The molecule has 2 heterocycles. The number of hydrogen-bond donors (Lipinski definition) is 0. The Morgan fingerprint density at radius 1 is 0.765 bits per heavy atom. The fourth-order valence-corrected chi connectivity index (χ4v) is 2.78. The summed E-state index contributed by atoms with van der Waals surface area (Å²) in [5.74, 6) is 1.29. The molecular weight excluding hydrogens is 210 g/mol. The Morgan fingerprint density at radius 2 is 1.18 bits per heavy atom. The molecule has 0 bridgehead atoms. The Bertz CT molecular complexity index is 228. The highest BCUT2D eigenvalue weighted by Crippen LogP contribution is 2.16. The topological polar surface area (TPSA) is 18.8 Å². The highest BCUT2D eigenvalue weighted by atomic mass is 15.4. The van der Waals surface area contributed by atoms with Crippen LogP contribution in [0.4, 0.5) is 0 Å². The first-order valence-corrected chi connectivity index (χ1v) is 7.35.